The summed E-state index contributed by atoms with van der Waals surface area (Å²) in [6.07, 6.45) is 0.137. The van der Waals surface area contributed by atoms with Gasteiger partial charge in [-0.05, 0) is 62.4 Å². The first-order valence-electron chi connectivity index (χ1n) is 6.38. The lowest BCUT2D eigenvalue weighted by atomic mass is 10.2. The van der Waals surface area contributed by atoms with Gasteiger partial charge in [0, 0.05) is 15.7 Å². The molecule has 0 atom stereocenters. The number of carbonyl (C=O) groups is 1. The molecule has 0 saturated heterocycles. The summed E-state index contributed by atoms with van der Waals surface area (Å²) in [6.45, 7) is 3.95. The Balaban J connectivity index is 2.02. The molecule has 3 nitrogen and oxygen atoms in total. The predicted molar refractivity (Wildman–Crippen MR) is 84.3 cm³/mol. The van der Waals surface area contributed by atoms with Gasteiger partial charge in [-0.1, -0.05) is 15.9 Å². The Kier molecular flexibility index (Phi) is 4.79. The Hall–Kier alpha value is -1.81. The lowest BCUT2D eigenvalue weighted by Gasteiger charge is -2.10. The Labute approximate surface area is 127 Å². The molecule has 0 aliphatic heterocycles. The molecule has 0 spiro atoms. The summed E-state index contributed by atoms with van der Waals surface area (Å²) >= 11 is 3.34. The van der Waals surface area contributed by atoms with Gasteiger partial charge in [0.25, 0.3) is 5.91 Å². The summed E-state index contributed by atoms with van der Waals surface area (Å²) in [6, 6.07) is 14.6. The molecule has 2 aromatic carbocycles. The SMILES string of the molecule is CC(C)Oc1ccc(NC(=O)c2ccc(Br)cc2)cc1. The molecule has 1 amide bonds. The van der Waals surface area contributed by atoms with Crippen LogP contribution in [0.15, 0.2) is 53.0 Å². The monoisotopic (exact) mass is 333 g/mol. The molecule has 0 bridgehead atoms. The second kappa shape index (κ2) is 6.57. The molecule has 0 unspecified atom stereocenters. The molecule has 0 aliphatic rings. The van der Waals surface area contributed by atoms with Crippen LogP contribution in [0.2, 0.25) is 0 Å². The highest BCUT2D eigenvalue weighted by Gasteiger charge is 2.06. The van der Waals surface area contributed by atoms with Crippen molar-refractivity contribution in [1.82, 2.24) is 0 Å². The largest absolute Gasteiger partial charge is 0.491 e. The fourth-order valence-electron chi connectivity index (χ4n) is 1.69. The zero-order valence-corrected chi connectivity index (χ0v) is 13.0. The van der Waals surface area contributed by atoms with Crippen molar-refractivity contribution in [2.75, 3.05) is 5.32 Å². The minimum absolute atomic E-state index is 0.130. The van der Waals surface area contributed by atoms with E-state index in [-0.39, 0.29) is 12.0 Å². The van der Waals surface area contributed by atoms with Crippen LogP contribution in [0, 0.1) is 0 Å². The third kappa shape index (κ3) is 4.10. The van der Waals surface area contributed by atoms with Gasteiger partial charge in [-0.2, -0.15) is 0 Å². The number of hydrogen-bond acceptors (Lipinski definition) is 2. The highest BCUT2D eigenvalue weighted by molar-refractivity contribution is 9.10. The number of carbonyl (C=O) groups excluding carboxylic acids is 1. The molecule has 0 radical (unpaired) electrons. The van der Waals surface area contributed by atoms with E-state index >= 15 is 0 Å². The quantitative estimate of drug-likeness (QED) is 0.895. The first-order chi connectivity index (χ1) is 9.54. The number of rotatable bonds is 4. The van der Waals surface area contributed by atoms with Gasteiger partial charge < -0.3 is 10.1 Å². The number of anilines is 1. The zero-order chi connectivity index (χ0) is 14.5. The number of ether oxygens (including phenoxy) is 1. The van der Waals surface area contributed by atoms with Gasteiger partial charge in [-0.25, -0.2) is 0 Å². The zero-order valence-electron chi connectivity index (χ0n) is 11.4. The molecule has 20 heavy (non-hydrogen) atoms. The number of benzene rings is 2. The van der Waals surface area contributed by atoms with Gasteiger partial charge in [-0.3, -0.25) is 4.79 Å². The molecule has 0 heterocycles. The molecular weight excluding hydrogens is 318 g/mol. The molecule has 0 fully saturated rings. The molecule has 0 saturated carbocycles. The predicted octanol–water partition coefficient (Wildman–Crippen LogP) is 4.49. The van der Waals surface area contributed by atoms with E-state index in [1.807, 2.05) is 50.2 Å². The maximum atomic E-state index is 12.0. The van der Waals surface area contributed by atoms with Gasteiger partial charge in [0.05, 0.1) is 6.10 Å². The number of hydrogen-bond donors (Lipinski definition) is 1. The van der Waals surface area contributed by atoms with E-state index in [1.165, 1.54) is 0 Å². The van der Waals surface area contributed by atoms with Crippen LogP contribution in [0.3, 0.4) is 0 Å². The Morgan fingerprint density at radius 2 is 1.65 bits per heavy atom. The van der Waals surface area contributed by atoms with E-state index in [0.29, 0.717) is 5.56 Å². The van der Waals surface area contributed by atoms with Gasteiger partial charge in [0.2, 0.25) is 0 Å². The summed E-state index contributed by atoms with van der Waals surface area (Å²) < 4.78 is 6.50. The van der Waals surface area contributed by atoms with Crippen LogP contribution >= 0.6 is 15.9 Å². The number of halogens is 1. The van der Waals surface area contributed by atoms with Crippen LogP contribution in [0.5, 0.6) is 5.75 Å². The molecular formula is C16H16BrNO2. The van der Waals surface area contributed by atoms with Crippen molar-refractivity contribution < 1.29 is 9.53 Å². The second-order valence-electron chi connectivity index (χ2n) is 4.65. The average Bonchev–Trinajstić information content (AvgIpc) is 2.41. The fourth-order valence-corrected chi connectivity index (χ4v) is 1.96. The lowest BCUT2D eigenvalue weighted by Crippen LogP contribution is -2.11. The first-order valence-corrected chi connectivity index (χ1v) is 7.17. The normalized spacial score (nSPS) is 10.4. The van der Waals surface area contributed by atoms with Crippen molar-refractivity contribution >= 4 is 27.5 Å². The molecule has 1 N–H and O–H groups in total. The van der Waals surface area contributed by atoms with Crippen molar-refractivity contribution in [3.8, 4) is 5.75 Å². The fraction of sp³-hybridized carbons (Fsp3) is 0.188. The molecule has 2 aromatic rings. The Bertz CT molecular complexity index is 576. The Morgan fingerprint density at radius 3 is 2.20 bits per heavy atom. The molecule has 2 rings (SSSR count). The lowest BCUT2D eigenvalue weighted by molar-refractivity contribution is 0.102. The van der Waals surface area contributed by atoms with Crippen LogP contribution in [0.1, 0.15) is 24.2 Å². The Morgan fingerprint density at radius 1 is 1.05 bits per heavy atom. The van der Waals surface area contributed by atoms with Gasteiger partial charge >= 0.3 is 0 Å². The van der Waals surface area contributed by atoms with E-state index < -0.39 is 0 Å². The third-order valence-electron chi connectivity index (χ3n) is 2.59. The topological polar surface area (TPSA) is 38.3 Å². The summed E-state index contributed by atoms with van der Waals surface area (Å²) in [5.74, 6) is 0.664. The molecule has 104 valence electrons. The minimum atomic E-state index is -0.130. The van der Waals surface area contributed by atoms with Crippen molar-refractivity contribution in [1.29, 1.82) is 0 Å². The second-order valence-corrected chi connectivity index (χ2v) is 5.57. The first kappa shape index (κ1) is 14.6. The summed E-state index contributed by atoms with van der Waals surface area (Å²) in [7, 11) is 0. The van der Waals surface area contributed by atoms with Crippen LogP contribution in [-0.4, -0.2) is 12.0 Å². The molecule has 4 heteroatoms. The summed E-state index contributed by atoms with van der Waals surface area (Å²) in [5, 5.41) is 2.85. The summed E-state index contributed by atoms with van der Waals surface area (Å²) in [5.41, 5.74) is 1.37. The van der Waals surface area contributed by atoms with Gasteiger partial charge in [-0.15, -0.1) is 0 Å². The van der Waals surface area contributed by atoms with E-state index in [9.17, 15) is 4.79 Å². The molecule has 0 aliphatic carbocycles. The van der Waals surface area contributed by atoms with Crippen molar-refractivity contribution in [2.24, 2.45) is 0 Å². The molecule has 0 aromatic heterocycles. The maximum Gasteiger partial charge on any atom is 0.255 e. The van der Waals surface area contributed by atoms with E-state index in [0.717, 1.165) is 15.9 Å². The van der Waals surface area contributed by atoms with E-state index in [1.54, 1.807) is 12.1 Å². The van der Waals surface area contributed by atoms with Crippen molar-refractivity contribution in [3.63, 3.8) is 0 Å². The minimum Gasteiger partial charge on any atom is -0.491 e. The third-order valence-corrected chi connectivity index (χ3v) is 3.12. The van der Waals surface area contributed by atoms with Crippen molar-refractivity contribution in [2.45, 2.75) is 20.0 Å². The van der Waals surface area contributed by atoms with Gasteiger partial charge in [0.15, 0.2) is 0 Å². The van der Waals surface area contributed by atoms with Gasteiger partial charge in [0.1, 0.15) is 5.75 Å². The maximum absolute atomic E-state index is 12.0. The highest BCUT2D eigenvalue weighted by atomic mass is 79.9. The smallest absolute Gasteiger partial charge is 0.255 e. The van der Waals surface area contributed by atoms with Crippen LogP contribution in [-0.2, 0) is 0 Å². The highest BCUT2D eigenvalue weighted by Crippen LogP contribution is 2.18. The number of amides is 1. The van der Waals surface area contributed by atoms with Crippen LogP contribution in [0.4, 0.5) is 5.69 Å². The average molecular weight is 334 g/mol. The van der Waals surface area contributed by atoms with Crippen molar-refractivity contribution in [3.05, 3.63) is 58.6 Å². The van der Waals surface area contributed by atoms with E-state index in [2.05, 4.69) is 21.2 Å². The van der Waals surface area contributed by atoms with Crippen LogP contribution in [0.25, 0.3) is 0 Å². The van der Waals surface area contributed by atoms with Crippen LogP contribution < -0.4 is 10.1 Å². The summed E-state index contributed by atoms with van der Waals surface area (Å²) in [4.78, 5) is 12.0. The standard InChI is InChI=1S/C16H16BrNO2/c1-11(2)20-15-9-7-14(8-10-15)18-16(19)12-3-5-13(17)6-4-12/h3-11H,1-2H3,(H,18,19). The number of nitrogens with one attached hydrogen (secondary N) is 1. The van der Waals surface area contributed by atoms with E-state index in [4.69, 9.17) is 4.74 Å².